The molecule has 9 aromatic carbocycles. The molecule has 4 aliphatic heterocycles. The molecule has 0 spiro atoms. The van der Waals surface area contributed by atoms with Gasteiger partial charge >= 0.3 is 0 Å². The second-order valence-electron chi connectivity index (χ2n) is 17.8. The Morgan fingerprint density at radius 2 is 0.726 bits per heavy atom. The summed E-state index contributed by atoms with van der Waals surface area (Å²) in [5, 5.41) is 5.22. The third-order valence-electron chi connectivity index (χ3n) is 14.5. The third-order valence-corrected chi connectivity index (χ3v) is 14.5. The smallest absolute Gasteiger partial charge is 0.252 e. The molecule has 4 nitrogen and oxygen atoms in total. The zero-order valence-electron chi connectivity index (χ0n) is 34.3. The molecule has 0 radical (unpaired) electrons. The van der Waals surface area contributed by atoms with E-state index in [1.54, 1.807) is 0 Å². The highest BCUT2D eigenvalue weighted by Gasteiger charge is 2.44. The number of hydrogen-bond acceptors (Lipinski definition) is 2. The van der Waals surface area contributed by atoms with E-state index < -0.39 is 0 Å². The first-order valence-electron chi connectivity index (χ1n) is 21.8. The summed E-state index contributed by atoms with van der Waals surface area (Å²) in [5.41, 5.74) is 25.7. The molecule has 15 rings (SSSR count). The summed E-state index contributed by atoms with van der Waals surface area (Å²) in [6.45, 7) is 4.74. The highest BCUT2D eigenvalue weighted by Crippen LogP contribution is 2.46. The van der Waals surface area contributed by atoms with Gasteiger partial charge in [0.2, 0.25) is 0 Å². The summed E-state index contributed by atoms with van der Waals surface area (Å²) in [7, 11) is 0. The van der Waals surface area contributed by atoms with Crippen LogP contribution in [0, 0.1) is 13.8 Å². The van der Waals surface area contributed by atoms with E-state index in [9.17, 15) is 0 Å². The Labute approximate surface area is 359 Å². The number of nitrogens with zero attached hydrogens (tertiary/aromatic N) is 4. The molecule has 0 saturated carbocycles. The molecule has 62 heavy (non-hydrogen) atoms. The van der Waals surface area contributed by atoms with Crippen molar-refractivity contribution >= 4 is 124 Å². The van der Waals surface area contributed by atoms with E-state index in [1.807, 2.05) is 0 Å². The van der Waals surface area contributed by atoms with Crippen molar-refractivity contribution in [3.8, 4) is 11.4 Å². The molecular weight excluding hydrogens is 750 g/mol. The minimum Gasteiger partial charge on any atom is -0.311 e. The Morgan fingerprint density at radius 1 is 0.323 bits per heavy atom. The van der Waals surface area contributed by atoms with E-state index >= 15 is 0 Å². The maximum Gasteiger partial charge on any atom is 0.252 e. The average molecular weight is 787 g/mol. The van der Waals surface area contributed by atoms with Crippen LogP contribution in [0.2, 0.25) is 0 Å². The minimum absolute atomic E-state index is 0.112. The Balaban J connectivity index is 1.07. The van der Waals surface area contributed by atoms with Gasteiger partial charge in [-0.05, 0) is 131 Å². The van der Waals surface area contributed by atoms with Gasteiger partial charge in [0.1, 0.15) is 0 Å². The van der Waals surface area contributed by atoms with Crippen LogP contribution in [0.15, 0.2) is 182 Å². The Hall–Kier alpha value is -7.69. The van der Waals surface area contributed by atoms with Crippen LogP contribution in [0.3, 0.4) is 0 Å². The predicted octanol–water partition coefficient (Wildman–Crippen LogP) is 9.72. The van der Waals surface area contributed by atoms with Gasteiger partial charge in [-0.3, -0.25) is 0 Å². The lowest BCUT2D eigenvalue weighted by Crippen LogP contribution is -2.60. The van der Waals surface area contributed by atoms with Gasteiger partial charge < -0.3 is 18.9 Å². The Morgan fingerprint density at radius 3 is 1.19 bits per heavy atom. The summed E-state index contributed by atoms with van der Waals surface area (Å²) >= 11 is 0. The number of aromatic nitrogens is 2. The minimum atomic E-state index is 0.112. The molecule has 0 N–H and O–H groups in total. The Kier molecular flexibility index (Phi) is 6.17. The number of anilines is 6. The molecule has 0 fully saturated rings. The van der Waals surface area contributed by atoms with Crippen molar-refractivity contribution in [2.75, 3.05) is 9.80 Å². The first-order valence-corrected chi connectivity index (χ1v) is 21.8. The first-order chi connectivity index (χ1) is 30.6. The van der Waals surface area contributed by atoms with Crippen LogP contribution in [-0.4, -0.2) is 22.6 Å². The molecule has 2 aromatic heterocycles. The lowest BCUT2D eigenvalue weighted by atomic mass is 9.34. The van der Waals surface area contributed by atoms with Crippen molar-refractivity contribution < 1.29 is 0 Å². The second kappa shape index (κ2) is 11.6. The van der Waals surface area contributed by atoms with Gasteiger partial charge in [-0.15, -0.1) is 0 Å². The normalized spacial score (nSPS) is 13.8. The van der Waals surface area contributed by atoms with E-state index in [1.165, 1.54) is 133 Å². The molecule has 0 atom stereocenters. The number of rotatable bonds is 2. The van der Waals surface area contributed by atoms with Crippen LogP contribution in [0.1, 0.15) is 11.1 Å². The third kappa shape index (κ3) is 3.97. The summed E-state index contributed by atoms with van der Waals surface area (Å²) in [5.74, 6) is 0. The molecule has 4 aliphatic rings. The molecular formula is C56H36B2N4. The summed E-state index contributed by atoms with van der Waals surface area (Å²) in [6.07, 6.45) is 0. The lowest BCUT2D eigenvalue weighted by Gasteiger charge is -2.40. The van der Waals surface area contributed by atoms with Crippen LogP contribution in [0.5, 0.6) is 0 Å². The van der Waals surface area contributed by atoms with Gasteiger partial charge in [-0.25, -0.2) is 0 Å². The quantitative estimate of drug-likeness (QED) is 0.162. The van der Waals surface area contributed by atoms with E-state index in [0.717, 1.165) is 0 Å². The van der Waals surface area contributed by atoms with E-state index in [2.05, 4.69) is 215 Å². The van der Waals surface area contributed by atoms with Crippen LogP contribution in [0.4, 0.5) is 34.1 Å². The lowest BCUT2D eigenvalue weighted by molar-refractivity contribution is 1.15. The zero-order chi connectivity index (χ0) is 40.5. The molecule has 0 aliphatic carbocycles. The van der Waals surface area contributed by atoms with Gasteiger partial charge in [0.25, 0.3) is 13.4 Å². The summed E-state index contributed by atoms with van der Waals surface area (Å²) in [6, 6.07) is 68.8. The topological polar surface area (TPSA) is 16.3 Å². The van der Waals surface area contributed by atoms with Crippen molar-refractivity contribution in [3.63, 3.8) is 0 Å². The largest absolute Gasteiger partial charge is 0.311 e. The fourth-order valence-corrected chi connectivity index (χ4v) is 12.3. The molecule has 0 amide bonds. The van der Waals surface area contributed by atoms with Crippen LogP contribution < -0.4 is 42.6 Å². The van der Waals surface area contributed by atoms with Gasteiger partial charge in [0.15, 0.2) is 0 Å². The number of fused-ring (bicyclic) bond motifs is 14. The molecule has 0 saturated heterocycles. The maximum absolute atomic E-state index is 2.62. The second-order valence-corrected chi connectivity index (χ2v) is 17.8. The molecule has 0 bridgehead atoms. The summed E-state index contributed by atoms with van der Waals surface area (Å²) < 4.78 is 5.24. The first kappa shape index (κ1) is 33.1. The SMILES string of the molecule is Cc1cc2c3c(c1)-n1c4cc5c(cc4c4cccc(c41)B3c1ccccc1N2c1ccccc1)c1cccc2c1n5-c1cc(C)cc3c1B2c1ccccc1N3c1ccccc1. The maximum atomic E-state index is 2.62. The van der Waals surface area contributed by atoms with Crippen LogP contribution >= 0.6 is 0 Å². The van der Waals surface area contributed by atoms with Crippen LogP contribution in [0.25, 0.3) is 55.0 Å². The number of hydrogen-bond donors (Lipinski definition) is 0. The van der Waals surface area contributed by atoms with Crippen molar-refractivity contribution in [2.45, 2.75) is 13.8 Å². The average Bonchev–Trinajstić information content (AvgIpc) is 3.82. The highest BCUT2D eigenvalue weighted by molar-refractivity contribution is 7.01. The molecule has 286 valence electrons. The summed E-state index contributed by atoms with van der Waals surface area (Å²) in [4.78, 5) is 4.98. The van der Waals surface area contributed by atoms with E-state index in [4.69, 9.17) is 0 Å². The Bertz CT molecular complexity index is 3560. The fourth-order valence-electron chi connectivity index (χ4n) is 12.3. The van der Waals surface area contributed by atoms with E-state index in [-0.39, 0.29) is 13.4 Å². The van der Waals surface area contributed by atoms with Gasteiger partial charge in [0, 0.05) is 78.1 Å². The highest BCUT2D eigenvalue weighted by atomic mass is 15.2. The van der Waals surface area contributed by atoms with Crippen molar-refractivity contribution in [2.24, 2.45) is 0 Å². The van der Waals surface area contributed by atoms with Gasteiger partial charge in [0.05, 0.1) is 11.0 Å². The molecule has 6 heteroatoms. The van der Waals surface area contributed by atoms with Crippen molar-refractivity contribution in [3.05, 3.63) is 193 Å². The van der Waals surface area contributed by atoms with Crippen molar-refractivity contribution in [1.29, 1.82) is 0 Å². The van der Waals surface area contributed by atoms with Crippen LogP contribution in [-0.2, 0) is 0 Å². The zero-order valence-corrected chi connectivity index (χ0v) is 34.3. The monoisotopic (exact) mass is 786 g/mol. The molecule has 6 heterocycles. The number of benzene rings is 9. The molecule has 11 aromatic rings. The fraction of sp³-hybridized carbons (Fsp3) is 0.0357. The standard InChI is InChI=1S/C56H36B2N4/c1-33-27-49-53-51(29-33)61-47-32-48-40(31-39(47)37-19-13-23-43(55(37)61)57(53)41-21-9-11-25-45(41)59(49)35-15-5-3-6-16-35)38-20-14-24-44-56(38)62(48)52-30-34(2)28-50-54(52)58(44)42-22-10-12-26-46(42)60(50)36-17-7-4-8-18-36/h3-32H,1-2H3. The predicted molar refractivity (Wildman–Crippen MR) is 263 cm³/mol. The number of para-hydroxylation sites is 6. The van der Waals surface area contributed by atoms with Gasteiger partial charge in [-0.2, -0.15) is 0 Å². The van der Waals surface area contributed by atoms with Gasteiger partial charge in [-0.1, -0.05) is 109 Å². The van der Waals surface area contributed by atoms with E-state index in [0.29, 0.717) is 0 Å². The van der Waals surface area contributed by atoms with Crippen molar-refractivity contribution in [1.82, 2.24) is 9.13 Å². The molecule has 0 unspecified atom stereocenters. The number of aryl methyl sites for hydroxylation is 2.